The highest BCUT2D eigenvalue weighted by molar-refractivity contribution is 9.10. The van der Waals surface area contributed by atoms with Gasteiger partial charge in [-0.15, -0.1) is 0 Å². The molecule has 2 atom stereocenters. The molecule has 0 N–H and O–H groups in total. The Kier molecular flexibility index (Phi) is 5.15. The summed E-state index contributed by atoms with van der Waals surface area (Å²) in [6.45, 7) is 9.62. The zero-order valence-corrected chi connectivity index (χ0v) is 20.6. The van der Waals surface area contributed by atoms with Crippen LogP contribution < -0.4 is 0 Å². The van der Waals surface area contributed by atoms with Gasteiger partial charge >= 0.3 is 0 Å². The fourth-order valence-electron chi connectivity index (χ4n) is 5.79. The van der Waals surface area contributed by atoms with E-state index >= 15 is 0 Å². The fraction of sp³-hybridized carbons (Fsp3) is 0.333. The molecule has 2 aromatic rings. The van der Waals surface area contributed by atoms with Crippen LogP contribution in [-0.2, 0) is 0 Å². The molecule has 3 heteroatoms. The van der Waals surface area contributed by atoms with Gasteiger partial charge in [0, 0.05) is 20.0 Å². The SMILES string of the molecule is CC[Si](CC)(C1C(C)=Cc2c(Br)cccc21)C1C(C)=Cc2c(Br)cccc21. The minimum absolute atomic E-state index is 0.596. The number of rotatable bonds is 4. The van der Waals surface area contributed by atoms with Gasteiger partial charge in [-0.3, -0.25) is 0 Å². The Labute approximate surface area is 181 Å². The first-order chi connectivity index (χ1) is 12.9. The molecule has 2 aliphatic carbocycles. The first kappa shape index (κ1) is 19.4. The maximum atomic E-state index is 3.80. The van der Waals surface area contributed by atoms with E-state index < -0.39 is 8.07 Å². The van der Waals surface area contributed by atoms with Gasteiger partial charge in [0.1, 0.15) is 0 Å². The Morgan fingerprint density at radius 2 is 1.15 bits per heavy atom. The van der Waals surface area contributed by atoms with Crippen LogP contribution in [0.25, 0.3) is 12.2 Å². The fourth-order valence-corrected chi connectivity index (χ4v) is 13.0. The van der Waals surface area contributed by atoms with Crippen molar-refractivity contribution in [1.82, 2.24) is 0 Å². The molecule has 2 unspecified atom stereocenters. The van der Waals surface area contributed by atoms with Crippen LogP contribution in [0.1, 0.15) is 61.0 Å². The molecule has 2 aliphatic rings. The van der Waals surface area contributed by atoms with Gasteiger partial charge < -0.3 is 0 Å². The van der Waals surface area contributed by atoms with E-state index in [4.69, 9.17) is 0 Å². The molecule has 0 saturated heterocycles. The maximum absolute atomic E-state index is 3.80. The lowest BCUT2D eigenvalue weighted by molar-refractivity contribution is 0.914. The lowest BCUT2D eigenvalue weighted by atomic mass is 10.1. The highest BCUT2D eigenvalue weighted by Gasteiger charge is 2.50. The molecule has 0 aliphatic heterocycles. The van der Waals surface area contributed by atoms with Crippen LogP contribution in [0.4, 0.5) is 0 Å². The second-order valence-corrected chi connectivity index (χ2v) is 14.8. The molecule has 0 bridgehead atoms. The van der Waals surface area contributed by atoms with Crippen LogP contribution in [-0.4, -0.2) is 8.07 Å². The van der Waals surface area contributed by atoms with Gasteiger partial charge in [-0.05, 0) is 48.2 Å². The van der Waals surface area contributed by atoms with E-state index in [0.717, 1.165) is 0 Å². The first-order valence-electron chi connectivity index (χ1n) is 9.87. The minimum atomic E-state index is -1.73. The van der Waals surface area contributed by atoms with E-state index in [0.29, 0.717) is 11.1 Å². The molecular formula is C24H26Br2Si. The van der Waals surface area contributed by atoms with Crippen LogP contribution >= 0.6 is 31.9 Å². The van der Waals surface area contributed by atoms with Crippen molar-refractivity contribution < 1.29 is 0 Å². The van der Waals surface area contributed by atoms with Gasteiger partial charge in [-0.2, -0.15) is 0 Å². The normalized spacial score (nSPS) is 21.0. The Balaban J connectivity index is 1.93. The first-order valence-corrected chi connectivity index (χ1v) is 14.0. The third kappa shape index (κ3) is 2.80. The highest BCUT2D eigenvalue weighted by atomic mass is 79.9. The Hall–Kier alpha value is -0.903. The molecule has 140 valence electrons. The summed E-state index contributed by atoms with van der Waals surface area (Å²) in [5.74, 6) is 0. The van der Waals surface area contributed by atoms with E-state index in [1.54, 1.807) is 22.3 Å². The summed E-state index contributed by atoms with van der Waals surface area (Å²) >= 11 is 7.59. The van der Waals surface area contributed by atoms with Crippen LogP contribution in [0.15, 0.2) is 56.5 Å². The number of allylic oxidation sites excluding steroid dienone is 2. The van der Waals surface area contributed by atoms with E-state index in [1.165, 1.54) is 32.2 Å². The number of fused-ring (bicyclic) bond motifs is 2. The van der Waals surface area contributed by atoms with E-state index in [9.17, 15) is 0 Å². The summed E-state index contributed by atoms with van der Waals surface area (Å²) < 4.78 is 2.47. The zero-order valence-electron chi connectivity index (χ0n) is 16.4. The van der Waals surface area contributed by atoms with Gasteiger partial charge in [0.05, 0.1) is 8.07 Å². The maximum Gasteiger partial charge on any atom is 0.0776 e. The van der Waals surface area contributed by atoms with E-state index in [2.05, 4.69) is 108 Å². The van der Waals surface area contributed by atoms with Crippen LogP contribution in [0, 0.1) is 0 Å². The summed E-state index contributed by atoms with van der Waals surface area (Å²) in [6.07, 6.45) is 4.87. The number of hydrogen-bond donors (Lipinski definition) is 0. The second kappa shape index (κ2) is 7.17. The summed E-state index contributed by atoms with van der Waals surface area (Å²) in [6, 6.07) is 16.1. The van der Waals surface area contributed by atoms with Crippen molar-refractivity contribution >= 4 is 52.1 Å². The second-order valence-electron chi connectivity index (χ2n) is 8.07. The van der Waals surface area contributed by atoms with Gasteiger partial charge in [0.25, 0.3) is 0 Å². The van der Waals surface area contributed by atoms with Crippen molar-refractivity contribution in [3.63, 3.8) is 0 Å². The van der Waals surface area contributed by atoms with Crippen LogP contribution in [0.2, 0.25) is 12.1 Å². The third-order valence-electron chi connectivity index (χ3n) is 6.92. The number of benzene rings is 2. The molecule has 2 aromatic carbocycles. The monoisotopic (exact) mass is 500 g/mol. The predicted octanol–water partition coefficient (Wildman–Crippen LogP) is 8.48. The average Bonchev–Trinajstić information content (AvgIpc) is 3.17. The minimum Gasteiger partial charge on any atom is -0.0678 e. The molecule has 0 aromatic heterocycles. The molecule has 0 radical (unpaired) electrons. The zero-order chi connectivity index (χ0) is 19.3. The Morgan fingerprint density at radius 3 is 1.52 bits per heavy atom. The highest BCUT2D eigenvalue weighted by Crippen LogP contribution is 2.56. The van der Waals surface area contributed by atoms with Crippen molar-refractivity contribution in [3.8, 4) is 0 Å². The van der Waals surface area contributed by atoms with Gasteiger partial charge in [-0.25, -0.2) is 0 Å². The van der Waals surface area contributed by atoms with Gasteiger partial charge in [-0.1, -0.05) is 105 Å². The van der Waals surface area contributed by atoms with Crippen molar-refractivity contribution in [2.24, 2.45) is 0 Å². The van der Waals surface area contributed by atoms with Crippen molar-refractivity contribution in [3.05, 3.63) is 78.7 Å². The molecule has 4 rings (SSSR count). The largest absolute Gasteiger partial charge is 0.0776 e. The summed E-state index contributed by atoms with van der Waals surface area (Å²) in [7, 11) is -1.73. The molecule has 27 heavy (non-hydrogen) atoms. The summed E-state index contributed by atoms with van der Waals surface area (Å²) in [5, 5.41) is 0. The molecule has 0 spiro atoms. The molecule has 0 fully saturated rings. The summed E-state index contributed by atoms with van der Waals surface area (Å²) in [4.78, 5) is 0. The smallest absolute Gasteiger partial charge is 0.0678 e. The molecule has 0 heterocycles. The quantitative estimate of drug-likeness (QED) is 0.368. The van der Waals surface area contributed by atoms with Crippen molar-refractivity contribution in [2.45, 2.75) is 50.9 Å². The number of hydrogen-bond acceptors (Lipinski definition) is 0. The van der Waals surface area contributed by atoms with Crippen LogP contribution in [0.5, 0.6) is 0 Å². The van der Waals surface area contributed by atoms with E-state index in [-0.39, 0.29) is 0 Å². The molecule has 0 nitrogen and oxygen atoms in total. The Morgan fingerprint density at radius 1 is 0.741 bits per heavy atom. The number of halogens is 2. The van der Waals surface area contributed by atoms with Gasteiger partial charge in [0.15, 0.2) is 0 Å². The molecular weight excluding hydrogens is 476 g/mol. The summed E-state index contributed by atoms with van der Waals surface area (Å²) in [5.41, 5.74) is 10.2. The predicted molar refractivity (Wildman–Crippen MR) is 128 cm³/mol. The standard InChI is InChI=1S/C24H26Br2Si/c1-5-27(6-2,23-15(3)13-19-17(23)9-7-11-21(19)25)24-16(4)14-20-18(24)10-8-12-22(20)26/h7-14,23-24H,5-6H2,1-4H3. The lowest BCUT2D eigenvalue weighted by Crippen LogP contribution is -2.47. The topological polar surface area (TPSA) is 0 Å². The lowest BCUT2D eigenvalue weighted by Gasteiger charge is -2.44. The molecule has 0 amide bonds. The Bertz CT molecular complexity index is 891. The van der Waals surface area contributed by atoms with Crippen molar-refractivity contribution in [2.75, 3.05) is 0 Å². The third-order valence-corrected chi connectivity index (χ3v) is 14.8. The molecule has 0 saturated carbocycles. The average molecular weight is 502 g/mol. The van der Waals surface area contributed by atoms with Crippen LogP contribution in [0.3, 0.4) is 0 Å². The van der Waals surface area contributed by atoms with Gasteiger partial charge in [0.2, 0.25) is 0 Å². The van der Waals surface area contributed by atoms with Crippen molar-refractivity contribution in [1.29, 1.82) is 0 Å². The van der Waals surface area contributed by atoms with E-state index in [1.807, 2.05) is 0 Å².